The number of hydrogen-bond acceptors (Lipinski definition) is 6. The first kappa shape index (κ1) is 17.2. The number of para-hydroxylation sites is 2. The number of aromatic hydroxyl groups is 3. The molecule has 0 amide bonds. The minimum absolute atomic E-state index is 0.239. The van der Waals surface area contributed by atoms with Crippen molar-refractivity contribution in [3.8, 4) is 17.2 Å². The van der Waals surface area contributed by atoms with Gasteiger partial charge in [0.05, 0.1) is 31.9 Å². The molecule has 0 bridgehead atoms. The smallest absolute Gasteiger partial charge is 0.336 e. The summed E-state index contributed by atoms with van der Waals surface area (Å²) in [4.78, 5) is 15.3. The van der Waals surface area contributed by atoms with Crippen molar-refractivity contribution < 1.29 is 24.6 Å². The standard InChI is InChI=1S/C20H20N2O5/c23-16-4-2-1-3-15(16)22-7-5-21(6-8-22)12-13-9-20(26)27-19-11-18(25)17(24)10-14(13)19/h1-4,9-11,23-25H,5-8,12H2/p+1. The second-order valence-electron chi connectivity index (χ2n) is 6.83. The summed E-state index contributed by atoms with van der Waals surface area (Å²) in [6, 6.07) is 11.4. The Bertz CT molecular complexity index is 1040. The zero-order valence-corrected chi connectivity index (χ0v) is 14.7. The lowest BCUT2D eigenvalue weighted by molar-refractivity contribution is -0.914. The Balaban J connectivity index is 1.53. The number of benzene rings is 2. The van der Waals surface area contributed by atoms with Crippen LogP contribution in [0.3, 0.4) is 0 Å². The summed E-state index contributed by atoms with van der Waals surface area (Å²) in [6.45, 7) is 3.89. The molecule has 0 unspecified atom stereocenters. The van der Waals surface area contributed by atoms with E-state index in [1.165, 1.54) is 23.1 Å². The highest BCUT2D eigenvalue weighted by Crippen LogP contribution is 2.31. The number of quaternary nitrogens is 1. The molecule has 1 aliphatic rings. The minimum atomic E-state index is -0.477. The second-order valence-corrected chi connectivity index (χ2v) is 6.83. The van der Waals surface area contributed by atoms with Crippen LogP contribution in [-0.2, 0) is 6.54 Å². The van der Waals surface area contributed by atoms with Gasteiger partial charge in [0.25, 0.3) is 0 Å². The molecule has 4 rings (SSSR count). The average molecular weight is 369 g/mol. The molecule has 0 atom stereocenters. The number of rotatable bonds is 3. The Kier molecular flexibility index (Phi) is 4.37. The van der Waals surface area contributed by atoms with E-state index in [0.717, 1.165) is 37.4 Å². The third-order valence-corrected chi connectivity index (χ3v) is 5.06. The highest BCUT2D eigenvalue weighted by Gasteiger charge is 2.23. The van der Waals surface area contributed by atoms with Crippen molar-refractivity contribution >= 4 is 16.7 Å². The van der Waals surface area contributed by atoms with Crippen molar-refractivity contribution in [2.75, 3.05) is 31.1 Å². The topological polar surface area (TPSA) is 98.6 Å². The molecule has 1 aliphatic heterocycles. The van der Waals surface area contributed by atoms with Crippen LogP contribution in [0.2, 0.25) is 0 Å². The fourth-order valence-electron chi connectivity index (χ4n) is 3.64. The van der Waals surface area contributed by atoms with Gasteiger partial charge in [0.1, 0.15) is 17.9 Å². The van der Waals surface area contributed by atoms with Crippen molar-refractivity contribution in [1.29, 1.82) is 0 Å². The van der Waals surface area contributed by atoms with Gasteiger partial charge in [-0.1, -0.05) is 12.1 Å². The van der Waals surface area contributed by atoms with E-state index >= 15 is 0 Å². The summed E-state index contributed by atoms with van der Waals surface area (Å²) in [5.41, 5.74) is 1.40. The molecule has 0 spiro atoms. The van der Waals surface area contributed by atoms with Gasteiger partial charge in [-0.3, -0.25) is 0 Å². The van der Waals surface area contributed by atoms with Crippen LogP contribution in [0, 0.1) is 0 Å². The fourth-order valence-corrected chi connectivity index (χ4v) is 3.64. The summed E-state index contributed by atoms with van der Waals surface area (Å²) in [7, 11) is 0. The number of phenolic OH excluding ortho intramolecular Hbond substituents is 3. The Morgan fingerprint density at radius 1 is 0.963 bits per heavy atom. The number of phenols is 3. The maximum absolute atomic E-state index is 11.9. The number of nitrogens with one attached hydrogen (secondary N) is 1. The number of nitrogens with zero attached hydrogens (tertiary/aromatic N) is 1. The summed E-state index contributed by atoms with van der Waals surface area (Å²) in [5, 5.41) is 30.1. The number of anilines is 1. The van der Waals surface area contributed by atoms with E-state index < -0.39 is 5.63 Å². The molecule has 0 radical (unpaired) electrons. The van der Waals surface area contributed by atoms with Gasteiger partial charge in [-0.25, -0.2) is 4.79 Å². The predicted octanol–water partition coefficient (Wildman–Crippen LogP) is 0.815. The van der Waals surface area contributed by atoms with Gasteiger partial charge in [0, 0.05) is 23.1 Å². The van der Waals surface area contributed by atoms with Crippen LogP contribution in [0.25, 0.3) is 11.0 Å². The van der Waals surface area contributed by atoms with E-state index in [9.17, 15) is 20.1 Å². The van der Waals surface area contributed by atoms with E-state index in [1.54, 1.807) is 12.1 Å². The van der Waals surface area contributed by atoms with E-state index in [-0.39, 0.29) is 22.8 Å². The fraction of sp³-hybridized carbons (Fsp3) is 0.250. The summed E-state index contributed by atoms with van der Waals surface area (Å²) in [5.74, 6) is -0.272. The molecule has 0 saturated carbocycles. The van der Waals surface area contributed by atoms with E-state index in [1.807, 2.05) is 12.1 Å². The molecule has 2 heterocycles. The Morgan fingerprint density at radius 2 is 1.67 bits per heavy atom. The van der Waals surface area contributed by atoms with Crippen LogP contribution in [0.5, 0.6) is 17.2 Å². The second kappa shape index (κ2) is 6.85. The predicted molar refractivity (Wildman–Crippen MR) is 101 cm³/mol. The number of hydrogen-bond donors (Lipinski definition) is 4. The zero-order valence-electron chi connectivity index (χ0n) is 14.7. The van der Waals surface area contributed by atoms with Crippen molar-refractivity contribution in [1.82, 2.24) is 0 Å². The van der Waals surface area contributed by atoms with E-state index in [4.69, 9.17) is 4.42 Å². The summed E-state index contributed by atoms with van der Waals surface area (Å²) in [6.07, 6.45) is 0. The van der Waals surface area contributed by atoms with Crippen molar-refractivity contribution in [2.24, 2.45) is 0 Å². The number of piperazine rings is 1. The molecule has 1 saturated heterocycles. The first-order chi connectivity index (χ1) is 13.0. The summed E-state index contributed by atoms with van der Waals surface area (Å²) >= 11 is 0. The molecule has 7 heteroatoms. The normalized spacial score (nSPS) is 15.3. The van der Waals surface area contributed by atoms with Gasteiger partial charge in [-0.15, -0.1) is 0 Å². The quantitative estimate of drug-likeness (QED) is 0.403. The van der Waals surface area contributed by atoms with Gasteiger partial charge < -0.3 is 29.5 Å². The monoisotopic (exact) mass is 369 g/mol. The van der Waals surface area contributed by atoms with Crippen LogP contribution >= 0.6 is 0 Å². The van der Waals surface area contributed by atoms with Crippen molar-refractivity contribution in [3.05, 3.63) is 58.4 Å². The largest absolute Gasteiger partial charge is 0.506 e. The van der Waals surface area contributed by atoms with Crippen LogP contribution in [-0.4, -0.2) is 41.5 Å². The lowest BCUT2D eigenvalue weighted by Crippen LogP contribution is -3.13. The van der Waals surface area contributed by atoms with E-state index in [2.05, 4.69) is 4.90 Å². The highest BCUT2D eigenvalue weighted by atomic mass is 16.4. The first-order valence-electron chi connectivity index (χ1n) is 8.86. The molecule has 4 N–H and O–H groups in total. The third kappa shape index (κ3) is 3.41. The molecule has 0 aliphatic carbocycles. The molecule has 3 aromatic rings. The lowest BCUT2D eigenvalue weighted by Gasteiger charge is -2.34. The molecule has 1 aromatic heterocycles. The van der Waals surface area contributed by atoms with Gasteiger partial charge >= 0.3 is 5.63 Å². The lowest BCUT2D eigenvalue weighted by atomic mass is 10.1. The van der Waals surface area contributed by atoms with Gasteiger partial charge in [-0.05, 0) is 18.2 Å². The Labute approximate surface area is 155 Å². The van der Waals surface area contributed by atoms with Crippen LogP contribution in [0.4, 0.5) is 5.69 Å². The van der Waals surface area contributed by atoms with Crippen LogP contribution in [0.15, 0.2) is 51.7 Å². The molecule has 2 aromatic carbocycles. The SMILES string of the molecule is O=c1cc(C[NH+]2CCN(c3ccccc3O)CC2)c2cc(O)c(O)cc2o1. The molecule has 27 heavy (non-hydrogen) atoms. The maximum Gasteiger partial charge on any atom is 0.336 e. The van der Waals surface area contributed by atoms with Crippen LogP contribution < -0.4 is 15.4 Å². The zero-order chi connectivity index (χ0) is 19.0. The molecular weight excluding hydrogens is 348 g/mol. The molecule has 140 valence electrons. The highest BCUT2D eigenvalue weighted by molar-refractivity contribution is 5.83. The Hall–Kier alpha value is -3.19. The summed E-state index contributed by atoms with van der Waals surface area (Å²) < 4.78 is 5.14. The molecular formula is C20H21N2O5+. The van der Waals surface area contributed by atoms with Gasteiger partial charge in [-0.2, -0.15) is 0 Å². The Morgan fingerprint density at radius 3 is 2.41 bits per heavy atom. The number of fused-ring (bicyclic) bond motifs is 1. The molecule has 1 fully saturated rings. The van der Waals surface area contributed by atoms with Gasteiger partial charge in [0.2, 0.25) is 0 Å². The van der Waals surface area contributed by atoms with Crippen LogP contribution in [0.1, 0.15) is 5.56 Å². The molecule has 7 nitrogen and oxygen atoms in total. The minimum Gasteiger partial charge on any atom is -0.506 e. The average Bonchev–Trinajstić information content (AvgIpc) is 2.64. The van der Waals surface area contributed by atoms with Crippen molar-refractivity contribution in [3.63, 3.8) is 0 Å². The maximum atomic E-state index is 11.9. The van der Waals surface area contributed by atoms with Gasteiger partial charge in [0.15, 0.2) is 11.5 Å². The first-order valence-corrected chi connectivity index (χ1v) is 8.86. The van der Waals surface area contributed by atoms with Crippen molar-refractivity contribution in [2.45, 2.75) is 6.54 Å². The van der Waals surface area contributed by atoms with E-state index in [0.29, 0.717) is 11.9 Å². The third-order valence-electron chi connectivity index (χ3n) is 5.06.